The van der Waals surface area contributed by atoms with E-state index < -0.39 is 28.9 Å². The fourth-order valence-electron chi connectivity index (χ4n) is 2.72. The molecular weight excluding hydrogens is 468 g/mol. The van der Waals surface area contributed by atoms with E-state index in [1.165, 1.54) is 30.1 Å². The smallest absolute Gasteiger partial charge is 0.276 e. The van der Waals surface area contributed by atoms with Gasteiger partial charge in [-0.05, 0) is 47.7 Å². The number of nitrogens with one attached hydrogen (secondary N) is 1. The van der Waals surface area contributed by atoms with Crippen LogP contribution in [0.1, 0.15) is 17.4 Å². The van der Waals surface area contributed by atoms with Crippen LogP contribution in [0.5, 0.6) is 0 Å². The molecule has 0 spiro atoms. The first-order chi connectivity index (χ1) is 12.6. The van der Waals surface area contributed by atoms with Crippen LogP contribution in [0.25, 0.3) is 0 Å². The van der Waals surface area contributed by atoms with Gasteiger partial charge >= 0.3 is 0 Å². The van der Waals surface area contributed by atoms with Crippen molar-refractivity contribution in [1.82, 2.24) is 14.7 Å². The highest BCUT2D eigenvalue weighted by Crippen LogP contribution is 2.28. The van der Waals surface area contributed by atoms with E-state index in [-0.39, 0.29) is 30.2 Å². The lowest BCUT2D eigenvalue weighted by Crippen LogP contribution is -2.70. The molecule has 1 aliphatic heterocycles. The molecule has 1 atom stereocenters. The van der Waals surface area contributed by atoms with Gasteiger partial charge in [0.2, 0.25) is 0 Å². The van der Waals surface area contributed by atoms with Crippen LogP contribution in [0.2, 0.25) is 0 Å². The molecule has 10 heteroatoms. The Morgan fingerprint density at radius 2 is 2.07 bits per heavy atom. The van der Waals surface area contributed by atoms with Crippen LogP contribution in [0, 0.1) is 9.39 Å². The number of anilines is 2. The van der Waals surface area contributed by atoms with E-state index in [9.17, 15) is 19.1 Å². The third kappa shape index (κ3) is 3.82. The van der Waals surface area contributed by atoms with E-state index in [1.54, 1.807) is 13.0 Å². The molecule has 2 heterocycles. The van der Waals surface area contributed by atoms with Crippen molar-refractivity contribution in [2.45, 2.75) is 18.6 Å². The lowest BCUT2D eigenvalue weighted by Gasteiger charge is -2.48. The zero-order chi connectivity index (χ0) is 19.9. The molecule has 27 heavy (non-hydrogen) atoms. The van der Waals surface area contributed by atoms with Gasteiger partial charge < -0.3 is 21.1 Å². The molecule has 0 bridgehead atoms. The maximum Gasteiger partial charge on any atom is 0.276 e. The average molecular weight is 487 g/mol. The maximum atomic E-state index is 14.2. The monoisotopic (exact) mass is 487 g/mol. The van der Waals surface area contributed by atoms with E-state index >= 15 is 0 Å². The molecule has 4 N–H and O–H groups in total. The van der Waals surface area contributed by atoms with Crippen molar-refractivity contribution in [3.05, 3.63) is 49.7 Å². The molecule has 3 rings (SSSR count). The van der Waals surface area contributed by atoms with Crippen LogP contribution in [-0.4, -0.2) is 50.4 Å². The second-order valence-electron chi connectivity index (χ2n) is 6.67. The van der Waals surface area contributed by atoms with Gasteiger partial charge in [0.25, 0.3) is 11.5 Å². The summed E-state index contributed by atoms with van der Waals surface area (Å²) in [6, 6.07) is 5.24. The van der Waals surface area contributed by atoms with Crippen molar-refractivity contribution in [3.8, 4) is 0 Å². The van der Waals surface area contributed by atoms with Gasteiger partial charge in [0.15, 0.2) is 5.69 Å². The Balaban J connectivity index is 1.92. The molecule has 1 amide bonds. The number of hydrogen-bond donors (Lipinski definition) is 3. The highest BCUT2D eigenvalue weighted by Gasteiger charge is 2.47. The van der Waals surface area contributed by atoms with Gasteiger partial charge in [-0.2, -0.15) is 5.10 Å². The van der Waals surface area contributed by atoms with E-state index in [1.807, 2.05) is 22.6 Å². The van der Waals surface area contributed by atoms with Gasteiger partial charge in [-0.1, -0.05) is 0 Å². The molecule has 1 aromatic heterocycles. The van der Waals surface area contributed by atoms with Crippen LogP contribution >= 0.6 is 22.6 Å². The van der Waals surface area contributed by atoms with Gasteiger partial charge in [0, 0.05) is 22.7 Å². The number of aromatic nitrogens is 2. The number of amides is 1. The molecule has 0 radical (unpaired) electrons. The minimum Gasteiger partial charge on any atom is -0.385 e. The standard InChI is InChI=1S/C17H19FIN5O3/c1-9(20)17(27)7-24(8-17)16(26)15-13(6-14(25)23(2)22-15)21-12-4-3-10(19)5-11(12)18/h3-6,9,21,27H,7-8,20H2,1-2H3/t9-/m0/s1. The van der Waals surface area contributed by atoms with E-state index in [0.29, 0.717) is 3.57 Å². The molecule has 1 aliphatic rings. The molecule has 1 aromatic carbocycles. The number of β-amino-alcohol motifs (C(OH)–C–C–N with tert-alkyl or cyclic N) is 1. The van der Waals surface area contributed by atoms with Crippen molar-refractivity contribution >= 4 is 39.9 Å². The molecule has 0 saturated carbocycles. The number of carbonyl (C=O) groups is 1. The number of likely N-dealkylation sites (tertiary alicyclic amines) is 1. The Morgan fingerprint density at radius 1 is 1.41 bits per heavy atom. The number of nitrogens with two attached hydrogens (primary N) is 1. The summed E-state index contributed by atoms with van der Waals surface area (Å²) in [7, 11) is 1.42. The maximum absolute atomic E-state index is 14.2. The predicted octanol–water partition coefficient (Wildman–Crippen LogP) is 0.802. The van der Waals surface area contributed by atoms with Gasteiger partial charge in [0.05, 0.1) is 24.5 Å². The summed E-state index contributed by atoms with van der Waals surface area (Å²) in [5.74, 6) is -0.999. The van der Waals surface area contributed by atoms with Crippen LogP contribution in [-0.2, 0) is 7.05 Å². The van der Waals surface area contributed by atoms with Crippen molar-refractivity contribution < 1.29 is 14.3 Å². The third-order valence-electron chi connectivity index (χ3n) is 4.56. The average Bonchev–Trinajstić information content (AvgIpc) is 2.56. The molecule has 0 unspecified atom stereocenters. The van der Waals surface area contributed by atoms with Crippen molar-refractivity contribution in [2.24, 2.45) is 12.8 Å². The first kappa shape index (κ1) is 19.7. The Labute approximate surface area is 168 Å². The third-order valence-corrected chi connectivity index (χ3v) is 5.23. The number of aliphatic hydroxyl groups is 1. The zero-order valence-corrected chi connectivity index (χ0v) is 16.9. The lowest BCUT2D eigenvalue weighted by atomic mass is 9.87. The summed E-state index contributed by atoms with van der Waals surface area (Å²) in [4.78, 5) is 26.2. The highest BCUT2D eigenvalue weighted by atomic mass is 127. The van der Waals surface area contributed by atoms with Crippen molar-refractivity contribution in [3.63, 3.8) is 0 Å². The first-order valence-corrected chi connectivity index (χ1v) is 9.26. The Kier molecular flexibility index (Phi) is 5.23. The fourth-order valence-corrected chi connectivity index (χ4v) is 3.18. The number of halogens is 2. The number of carbonyl (C=O) groups excluding carboxylic acids is 1. The molecule has 0 aliphatic carbocycles. The summed E-state index contributed by atoms with van der Waals surface area (Å²) < 4.78 is 15.9. The van der Waals surface area contributed by atoms with Crippen LogP contribution < -0.4 is 16.6 Å². The largest absolute Gasteiger partial charge is 0.385 e. The summed E-state index contributed by atoms with van der Waals surface area (Å²) in [6.45, 7) is 1.79. The SMILES string of the molecule is C[C@H](N)C1(O)CN(C(=O)c2nn(C)c(=O)cc2Nc2ccc(I)cc2F)C1. The van der Waals surface area contributed by atoms with Gasteiger partial charge in [-0.3, -0.25) is 9.59 Å². The number of rotatable bonds is 4. The van der Waals surface area contributed by atoms with Gasteiger partial charge in [-0.15, -0.1) is 0 Å². The Bertz CT molecular complexity index is 956. The van der Waals surface area contributed by atoms with Crippen LogP contribution in [0.3, 0.4) is 0 Å². The minimum absolute atomic E-state index is 0.0400. The zero-order valence-electron chi connectivity index (χ0n) is 14.7. The molecule has 1 fully saturated rings. The Morgan fingerprint density at radius 3 is 2.67 bits per heavy atom. The molecule has 8 nitrogen and oxygen atoms in total. The predicted molar refractivity (Wildman–Crippen MR) is 106 cm³/mol. The second-order valence-corrected chi connectivity index (χ2v) is 7.92. The van der Waals surface area contributed by atoms with Gasteiger partial charge in [-0.25, -0.2) is 9.07 Å². The molecule has 1 saturated heterocycles. The number of hydrogen-bond acceptors (Lipinski definition) is 6. The van der Waals surface area contributed by atoms with Crippen LogP contribution in [0.4, 0.5) is 15.8 Å². The van der Waals surface area contributed by atoms with Gasteiger partial charge in [0.1, 0.15) is 11.4 Å². The molecule has 2 aromatic rings. The van der Waals surface area contributed by atoms with Crippen LogP contribution in [0.15, 0.2) is 29.1 Å². The molecular formula is C17H19FIN5O3. The summed E-state index contributed by atoms with van der Waals surface area (Å²) in [6.07, 6.45) is 0. The number of benzene rings is 1. The fraction of sp³-hybridized carbons (Fsp3) is 0.353. The summed E-state index contributed by atoms with van der Waals surface area (Å²) in [5, 5.41) is 17.1. The summed E-state index contributed by atoms with van der Waals surface area (Å²) >= 11 is 1.98. The van der Waals surface area contributed by atoms with Crippen molar-refractivity contribution in [2.75, 3.05) is 18.4 Å². The quantitative estimate of drug-likeness (QED) is 0.551. The van der Waals surface area contributed by atoms with Crippen molar-refractivity contribution in [1.29, 1.82) is 0 Å². The summed E-state index contributed by atoms with van der Waals surface area (Å²) in [5.41, 5.74) is 4.32. The Hall–Kier alpha value is -2.05. The van der Waals surface area contributed by atoms with E-state index in [0.717, 1.165) is 4.68 Å². The topological polar surface area (TPSA) is 113 Å². The van der Waals surface area contributed by atoms with E-state index in [4.69, 9.17) is 5.73 Å². The van der Waals surface area contributed by atoms with E-state index in [2.05, 4.69) is 10.4 Å². The minimum atomic E-state index is -1.15. The second kappa shape index (κ2) is 7.17. The first-order valence-electron chi connectivity index (χ1n) is 8.18. The normalized spacial score (nSPS) is 16.6. The lowest BCUT2D eigenvalue weighted by molar-refractivity contribution is -0.0933. The highest BCUT2D eigenvalue weighted by molar-refractivity contribution is 14.1. The molecule has 144 valence electrons. The number of nitrogens with zero attached hydrogens (tertiary/aromatic N) is 3. The number of aryl methyl sites for hydroxylation is 1.